The molecule has 0 atom stereocenters. The van der Waals surface area contributed by atoms with Gasteiger partial charge < -0.3 is 14.7 Å². The summed E-state index contributed by atoms with van der Waals surface area (Å²) in [4.78, 5) is 39.1. The fourth-order valence-corrected chi connectivity index (χ4v) is 2.21. The zero-order chi connectivity index (χ0) is 13.1. The largest absolute Gasteiger partial charge is 0.342 e. The third-order valence-electron chi connectivity index (χ3n) is 3.51. The molecule has 1 aliphatic heterocycles. The Morgan fingerprint density at radius 3 is 2.28 bits per heavy atom. The lowest BCUT2D eigenvalue weighted by atomic mass is 10.3. The van der Waals surface area contributed by atoms with Gasteiger partial charge in [0.15, 0.2) is 0 Å². The van der Waals surface area contributed by atoms with Crippen LogP contribution in [-0.4, -0.2) is 71.7 Å². The number of hydrogen-bond acceptors (Lipinski definition) is 3. The van der Waals surface area contributed by atoms with Gasteiger partial charge in [0.2, 0.25) is 18.2 Å². The first-order chi connectivity index (χ1) is 8.61. The Labute approximate surface area is 107 Å². The van der Waals surface area contributed by atoms with Gasteiger partial charge in [-0.25, -0.2) is 0 Å². The van der Waals surface area contributed by atoms with Crippen molar-refractivity contribution in [1.82, 2.24) is 14.7 Å². The molecule has 1 saturated heterocycles. The van der Waals surface area contributed by atoms with E-state index in [1.165, 1.54) is 6.92 Å². The quantitative estimate of drug-likeness (QED) is 0.622. The Hall–Kier alpha value is -1.59. The fraction of sp³-hybridized carbons (Fsp3) is 0.750. The maximum atomic E-state index is 12.1. The minimum Gasteiger partial charge on any atom is -0.342 e. The van der Waals surface area contributed by atoms with Gasteiger partial charge in [-0.2, -0.15) is 0 Å². The molecule has 1 saturated carbocycles. The number of nitrogens with zero attached hydrogens (tertiary/aromatic N) is 3. The summed E-state index contributed by atoms with van der Waals surface area (Å²) in [7, 11) is 0. The van der Waals surface area contributed by atoms with Crippen LogP contribution in [0.4, 0.5) is 0 Å². The third kappa shape index (κ3) is 3.00. The van der Waals surface area contributed by atoms with Crippen LogP contribution in [0.25, 0.3) is 0 Å². The molecule has 0 radical (unpaired) electrons. The van der Waals surface area contributed by atoms with E-state index in [4.69, 9.17) is 0 Å². The highest BCUT2D eigenvalue weighted by Crippen LogP contribution is 2.26. The van der Waals surface area contributed by atoms with Crippen LogP contribution in [0.2, 0.25) is 0 Å². The van der Waals surface area contributed by atoms with Crippen LogP contribution in [0.3, 0.4) is 0 Å². The van der Waals surface area contributed by atoms with E-state index in [0.717, 1.165) is 19.3 Å². The first-order valence-electron chi connectivity index (χ1n) is 6.36. The molecule has 2 aliphatic rings. The Balaban J connectivity index is 1.84. The van der Waals surface area contributed by atoms with Gasteiger partial charge in [-0.1, -0.05) is 0 Å². The van der Waals surface area contributed by atoms with E-state index in [2.05, 4.69) is 0 Å². The second kappa shape index (κ2) is 5.37. The highest BCUT2D eigenvalue weighted by molar-refractivity contribution is 5.84. The lowest BCUT2D eigenvalue weighted by molar-refractivity contribution is -0.141. The first kappa shape index (κ1) is 12.9. The summed E-state index contributed by atoms with van der Waals surface area (Å²) in [5.41, 5.74) is 0. The molecule has 6 nitrogen and oxygen atoms in total. The van der Waals surface area contributed by atoms with Gasteiger partial charge in [0.1, 0.15) is 0 Å². The average molecular weight is 253 g/mol. The van der Waals surface area contributed by atoms with Crippen molar-refractivity contribution in [2.75, 3.05) is 32.7 Å². The van der Waals surface area contributed by atoms with Gasteiger partial charge in [0.25, 0.3) is 0 Å². The molecule has 6 heteroatoms. The van der Waals surface area contributed by atoms with E-state index >= 15 is 0 Å². The van der Waals surface area contributed by atoms with Crippen LogP contribution in [0.1, 0.15) is 19.8 Å². The third-order valence-corrected chi connectivity index (χ3v) is 3.51. The molecule has 2 fully saturated rings. The number of piperazine rings is 1. The second-order valence-electron chi connectivity index (χ2n) is 4.90. The predicted octanol–water partition coefficient (Wildman–Crippen LogP) is -0.702. The van der Waals surface area contributed by atoms with Gasteiger partial charge in [-0.3, -0.25) is 14.4 Å². The molecule has 0 N–H and O–H groups in total. The highest BCUT2D eigenvalue weighted by Gasteiger charge is 2.33. The fourth-order valence-electron chi connectivity index (χ4n) is 2.21. The molecule has 18 heavy (non-hydrogen) atoms. The number of carbonyl (C=O) groups is 3. The Morgan fingerprint density at radius 1 is 1.22 bits per heavy atom. The van der Waals surface area contributed by atoms with Crippen LogP contribution in [0.5, 0.6) is 0 Å². The van der Waals surface area contributed by atoms with Crippen LogP contribution in [-0.2, 0) is 14.4 Å². The van der Waals surface area contributed by atoms with Crippen molar-refractivity contribution in [2.24, 2.45) is 0 Å². The summed E-state index contributed by atoms with van der Waals surface area (Å²) in [6.07, 6.45) is 2.82. The first-order valence-corrected chi connectivity index (χ1v) is 6.36. The highest BCUT2D eigenvalue weighted by atomic mass is 16.2. The topological polar surface area (TPSA) is 60.9 Å². The molecule has 1 heterocycles. The van der Waals surface area contributed by atoms with Gasteiger partial charge in [0.05, 0.1) is 6.54 Å². The maximum Gasteiger partial charge on any atom is 0.242 e. The van der Waals surface area contributed by atoms with Crippen LogP contribution in [0.15, 0.2) is 0 Å². The summed E-state index contributed by atoms with van der Waals surface area (Å²) >= 11 is 0. The summed E-state index contributed by atoms with van der Waals surface area (Å²) in [5.74, 6) is -0.0416. The van der Waals surface area contributed by atoms with E-state index in [1.54, 1.807) is 14.7 Å². The summed E-state index contributed by atoms with van der Waals surface area (Å²) < 4.78 is 0. The number of hydrogen-bond donors (Lipinski definition) is 0. The lowest BCUT2D eigenvalue weighted by Gasteiger charge is -2.34. The molecule has 0 bridgehead atoms. The van der Waals surface area contributed by atoms with Crippen molar-refractivity contribution in [3.8, 4) is 0 Å². The number of carbonyl (C=O) groups excluding carboxylic acids is 3. The molecule has 0 aromatic carbocycles. The van der Waals surface area contributed by atoms with Crippen molar-refractivity contribution in [3.63, 3.8) is 0 Å². The van der Waals surface area contributed by atoms with Crippen molar-refractivity contribution in [1.29, 1.82) is 0 Å². The normalized spacial score (nSPS) is 19.6. The molecule has 0 aromatic heterocycles. The SMILES string of the molecule is CC(=O)N(CC(=O)N1CCN(C=O)CC1)C1CC1. The smallest absolute Gasteiger partial charge is 0.242 e. The van der Waals surface area contributed by atoms with Crippen molar-refractivity contribution >= 4 is 18.2 Å². The van der Waals surface area contributed by atoms with E-state index in [0.29, 0.717) is 26.2 Å². The standard InChI is InChI=1S/C12H19N3O3/c1-10(17)15(11-2-3-11)8-12(18)14-6-4-13(9-16)5-7-14/h9,11H,2-8H2,1H3. The summed E-state index contributed by atoms with van der Waals surface area (Å²) in [5, 5.41) is 0. The zero-order valence-electron chi connectivity index (χ0n) is 10.7. The molecule has 1 aliphatic carbocycles. The molecule has 2 rings (SSSR count). The second-order valence-corrected chi connectivity index (χ2v) is 4.90. The van der Waals surface area contributed by atoms with E-state index in [1.807, 2.05) is 0 Å². The Bertz CT molecular complexity index is 346. The van der Waals surface area contributed by atoms with Crippen molar-refractivity contribution in [2.45, 2.75) is 25.8 Å². The summed E-state index contributed by atoms with van der Waals surface area (Å²) in [6, 6.07) is 0.266. The monoisotopic (exact) mass is 253 g/mol. The van der Waals surface area contributed by atoms with Gasteiger partial charge in [-0.05, 0) is 12.8 Å². The molecule has 100 valence electrons. The predicted molar refractivity (Wildman–Crippen MR) is 64.6 cm³/mol. The molecular formula is C12H19N3O3. The molecule has 0 unspecified atom stereocenters. The minimum atomic E-state index is -0.0302. The lowest BCUT2D eigenvalue weighted by Crippen LogP contribution is -2.51. The molecule has 0 aromatic rings. The zero-order valence-corrected chi connectivity index (χ0v) is 10.7. The summed E-state index contributed by atoms with van der Waals surface area (Å²) in [6.45, 7) is 3.98. The number of amides is 3. The average Bonchev–Trinajstić information content (AvgIpc) is 3.19. The molecular weight excluding hydrogens is 234 g/mol. The minimum absolute atomic E-state index is 0.0114. The van der Waals surface area contributed by atoms with Gasteiger partial charge >= 0.3 is 0 Å². The van der Waals surface area contributed by atoms with Gasteiger partial charge in [-0.15, -0.1) is 0 Å². The van der Waals surface area contributed by atoms with E-state index < -0.39 is 0 Å². The Kier molecular flexibility index (Phi) is 3.84. The molecule has 0 spiro atoms. The van der Waals surface area contributed by atoms with E-state index in [-0.39, 0.29) is 24.4 Å². The number of rotatable bonds is 4. The van der Waals surface area contributed by atoms with Crippen molar-refractivity contribution < 1.29 is 14.4 Å². The van der Waals surface area contributed by atoms with Gasteiger partial charge in [0, 0.05) is 39.1 Å². The maximum absolute atomic E-state index is 12.1. The van der Waals surface area contributed by atoms with Crippen LogP contribution in [0, 0.1) is 0 Å². The van der Waals surface area contributed by atoms with Crippen LogP contribution < -0.4 is 0 Å². The van der Waals surface area contributed by atoms with Crippen LogP contribution >= 0.6 is 0 Å². The molecule has 3 amide bonds. The Morgan fingerprint density at radius 2 is 1.83 bits per heavy atom. The van der Waals surface area contributed by atoms with Crippen molar-refractivity contribution in [3.05, 3.63) is 0 Å². The van der Waals surface area contributed by atoms with E-state index in [9.17, 15) is 14.4 Å².